The molecule has 0 fully saturated rings. The van der Waals surface area contributed by atoms with Crippen LogP contribution in [-0.4, -0.2) is 37.1 Å². The molecular weight excluding hydrogens is 464 g/mol. The number of hydrogen-bond acceptors (Lipinski definition) is 6. The summed E-state index contributed by atoms with van der Waals surface area (Å²) in [4.78, 5) is 8.70. The van der Waals surface area contributed by atoms with Crippen LogP contribution in [0.25, 0.3) is 34.0 Å². The van der Waals surface area contributed by atoms with E-state index in [0.717, 1.165) is 6.07 Å². The summed E-state index contributed by atoms with van der Waals surface area (Å²) in [7, 11) is 1.30. The fourth-order valence-electron chi connectivity index (χ4n) is 3.57. The maximum Gasteiger partial charge on any atom is 0.417 e. The Balaban J connectivity index is 1.40. The van der Waals surface area contributed by atoms with Gasteiger partial charge in [-0.1, -0.05) is 12.1 Å². The number of methoxy groups -OCH3 is 1. The highest BCUT2D eigenvalue weighted by atomic mass is 19.4. The lowest BCUT2D eigenvalue weighted by molar-refractivity contribution is -0.137. The van der Waals surface area contributed by atoms with Crippen molar-refractivity contribution in [3.63, 3.8) is 0 Å². The van der Waals surface area contributed by atoms with E-state index >= 15 is 0 Å². The van der Waals surface area contributed by atoms with Crippen LogP contribution in [0, 0.1) is 5.82 Å². The number of imidazole rings is 1. The Morgan fingerprint density at radius 1 is 0.886 bits per heavy atom. The molecule has 2 aromatic carbocycles. The average molecular weight is 480 g/mol. The summed E-state index contributed by atoms with van der Waals surface area (Å²) in [5.41, 5.74) is 0.887. The van der Waals surface area contributed by atoms with E-state index in [2.05, 4.69) is 25.3 Å². The number of aromatic nitrogens is 6. The predicted molar refractivity (Wildman–Crippen MR) is 118 cm³/mol. The van der Waals surface area contributed by atoms with Crippen LogP contribution >= 0.6 is 0 Å². The highest BCUT2D eigenvalue weighted by Gasteiger charge is 2.34. The Bertz CT molecular complexity index is 1470. The van der Waals surface area contributed by atoms with Gasteiger partial charge < -0.3 is 4.74 Å². The van der Waals surface area contributed by atoms with Gasteiger partial charge in [0.05, 0.1) is 48.6 Å². The van der Waals surface area contributed by atoms with E-state index in [9.17, 15) is 17.6 Å². The van der Waals surface area contributed by atoms with Crippen LogP contribution in [-0.2, 0) is 12.7 Å². The van der Waals surface area contributed by atoms with Gasteiger partial charge in [0.25, 0.3) is 0 Å². The van der Waals surface area contributed by atoms with Crippen LogP contribution in [0.3, 0.4) is 0 Å². The van der Waals surface area contributed by atoms with Crippen molar-refractivity contribution in [1.29, 1.82) is 0 Å². The van der Waals surface area contributed by atoms with Crippen molar-refractivity contribution >= 4 is 0 Å². The first-order chi connectivity index (χ1) is 16.8. The largest absolute Gasteiger partial charge is 0.497 e. The standard InChI is InChI=1S/C24H16F4N6O/c1-35-15-7-8-16(18(10-15)24(26,27)28)20-9-6-14(32-33-20)12-34-13-22-21(11-29-34)30-23(31-22)17-4-2-3-5-19(17)25/h2-11,13H,12H2,1H3. The lowest BCUT2D eigenvalue weighted by atomic mass is 10.0. The molecule has 2 aliphatic heterocycles. The maximum atomic E-state index is 14.1. The van der Waals surface area contributed by atoms with Crippen molar-refractivity contribution < 1.29 is 22.3 Å². The second-order valence-electron chi connectivity index (χ2n) is 7.59. The fourth-order valence-corrected chi connectivity index (χ4v) is 3.57. The van der Waals surface area contributed by atoms with Crippen LogP contribution in [0.15, 0.2) is 67.0 Å². The number of benzene rings is 2. The summed E-state index contributed by atoms with van der Waals surface area (Å²) in [6, 6.07) is 12.9. The minimum absolute atomic E-state index is 0.0774. The summed E-state index contributed by atoms with van der Waals surface area (Å²) < 4.78 is 61.1. The van der Waals surface area contributed by atoms with Crippen molar-refractivity contribution in [2.45, 2.75) is 12.7 Å². The van der Waals surface area contributed by atoms with Crippen LogP contribution in [0.2, 0.25) is 0 Å². The predicted octanol–water partition coefficient (Wildman–Crippen LogP) is 5.12. The summed E-state index contributed by atoms with van der Waals surface area (Å²) in [6.07, 6.45) is -1.45. The first-order valence-electron chi connectivity index (χ1n) is 10.3. The molecule has 0 N–H and O–H groups in total. The van der Waals surface area contributed by atoms with E-state index in [1.54, 1.807) is 35.1 Å². The third kappa shape index (κ3) is 4.52. The number of halogens is 4. The SMILES string of the molecule is COc1ccc(-c2ccc(Cn3cc4nc(-c5ccccc5F)nc-4cn3)nn2)c(C(F)(F)F)c1. The van der Waals surface area contributed by atoms with E-state index in [1.165, 1.54) is 37.6 Å². The highest BCUT2D eigenvalue weighted by molar-refractivity contribution is 5.66. The van der Waals surface area contributed by atoms with E-state index in [1.807, 2.05) is 0 Å². The van der Waals surface area contributed by atoms with E-state index < -0.39 is 17.6 Å². The quantitative estimate of drug-likeness (QED) is 0.325. The molecule has 7 nitrogen and oxygen atoms in total. The second-order valence-corrected chi connectivity index (χ2v) is 7.59. The van der Waals surface area contributed by atoms with Crippen molar-refractivity contribution in [2.75, 3.05) is 7.11 Å². The lowest BCUT2D eigenvalue weighted by Crippen LogP contribution is -2.10. The summed E-state index contributed by atoms with van der Waals surface area (Å²) in [6.45, 7) is 0.194. The van der Waals surface area contributed by atoms with E-state index in [-0.39, 0.29) is 34.9 Å². The van der Waals surface area contributed by atoms with Crippen molar-refractivity contribution in [2.24, 2.45) is 0 Å². The van der Waals surface area contributed by atoms with E-state index in [0.29, 0.717) is 17.1 Å². The molecule has 0 atom stereocenters. The molecule has 3 aromatic rings. The number of alkyl halides is 3. The molecule has 1 aromatic heterocycles. The van der Waals surface area contributed by atoms with E-state index in [4.69, 9.17) is 4.74 Å². The van der Waals surface area contributed by atoms with Gasteiger partial charge in [-0.3, -0.25) is 4.68 Å². The molecular formula is C24H16F4N6O. The van der Waals surface area contributed by atoms with Crippen molar-refractivity contribution in [3.05, 3.63) is 84.1 Å². The zero-order valence-corrected chi connectivity index (χ0v) is 18.2. The van der Waals surface area contributed by atoms with Crippen LogP contribution in [0.5, 0.6) is 5.75 Å². The number of ether oxygens (including phenoxy) is 1. The Hall–Kier alpha value is -4.41. The van der Waals surface area contributed by atoms with Gasteiger partial charge in [-0.25, -0.2) is 14.4 Å². The van der Waals surface area contributed by atoms with Gasteiger partial charge in [-0.2, -0.15) is 28.5 Å². The molecule has 0 saturated heterocycles. The molecule has 35 heavy (non-hydrogen) atoms. The summed E-state index contributed by atoms with van der Waals surface area (Å²) in [5.74, 6) is -0.0800. The Morgan fingerprint density at radius 2 is 1.69 bits per heavy atom. The topological polar surface area (TPSA) is 78.6 Å². The smallest absolute Gasteiger partial charge is 0.417 e. The monoisotopic (exact) mass is 480 g/mol. The van der Waals surface area contributed by atoms with Crippen molar-refractivity contribution in [3.8, 4) is 39.8 Å². The zero-order valence-electron chi connectivity index (χ0n) is 18.2. The van der Waals surface area contributed by atoms with Crippen LogP contribution < -0.4 is 4.74 Å². The summed E-state index contributed by atoms with van der Waals surface area (Å²) in [5, 5.41) is 12.3. The number of fused-ring (bicyclic) bond motifs is 1. The minimum atomic E-state index is -4.58. The molecule has 176 valence electrons. The third-order valence-electron chi connectivity index (χ3n) is 5.28. The molecule has 0 spiro atoms. The molecule has 11 heteroatoms. The van der Waals surface area contributed by atoms with Gasteiger partial charge in [0, 0.05) is 5.56 Å². The number of hydrogen-bond donors (Lipinski definition) is 0. The highest BCUT2D eigenvalue weighted by Crippen LogP contribution is 2.38. The first-order valence-corrected chi connectivity index (χ1v) is 10.3. The zero-order chi connectivity index (χ0) is 24.6. The fraction of sp³-hybridized carbons (Fsp3) is 0.125. The van der Waals surface area contributed by atoms with Crippen molar-refractivity contribution in [1.82, 2.24) is 29.9 Å². The molecule has 0 saturated carbocycles. The molecule has 0 bridgehead atoms. The average Bonchev–Trinajstić information content (AvgIpc) is 3.27. The van der Waals surface area contributed by atoms with Gasteiger partial charge in [-0.15, -0.1) is 0 Å². The van der Waals surface area contributed by atoms with Gasteiger partial charge in [-0.05, 0) is 42.5 Å². The maximum absolute atomic E-state index is 14.1. The Labute approximate surface area is 196 Å². The Kier molecular flexibility index (Phi) is 5.59. The molecule has 0 amide bonds. The molecule has 0 radical (unpaired) electrons. The first kappa shape index (κ1) is 22.4. The second kappa shape index (κ2) is 8.75. The molecule has 3 heterocycles. The van der Waals surface area contributed by atoms with Gasteiger partial charge >= 0.3 is 6.18 Å². The molecule has 5 rings (SSSR count). The summed E-state index contributed by atoms with van der Waals surface area (Å²) >= 11 is 0. The van der Waals surface area contributed by atoms with Gasteiger partial charge in [0.15, 0.2) is 5.82 Å². The van der Waals surface area contributed by atoms with Crippen LogP contribution in [0.4, 0.5) is 17.6 Å². The number of rotatable bonds is 5. The third-order valence-corrected chi connectivity index (χ3v) is 5.28. The normalized spacial score (nSPS) is 11.7. The number of nitrogens with zero attached hydrogens (tertiary/aromatic N) is 6. The van der Waals surface area contributed by atoms with Gasteiger partial charge in [0.2, 0.25) is 0 Å². The minimum Gasteiger partial charge on any atom is -0.497 e. The van der Waals surface area contributed by atoms with Crippen LogP contribution in [0.1, 0.15) is 11.3 Å². The molecule has 0 aliphatic carbocycles. The van der Waals surface area contributed by atoms with Gasteiger partial charge in [0.1, 0.15) is 23.0 Å². The molecule has 2 aliphatic rings. The molecule has 0 unspecified atom stereocenters. The Morgan fingerprint density at radius 3 is 2.40 bits per heavy atom. The lowest BCUT2D eigenvalue weighted by Gasteiger charge is -2.14.